The maximum Gasteiger partial charge on any atom is 0.0963 e. The van der Waals surface area contributed by atoms with Crippen LogP contribution in [-0.4, -0.2) is 14.0 Å². The molecule has 5 aromatic carbocycles. The smallest absolute Gasteiger partial charge is 0.0963 e. The van der Waals surface area contributed by atoms with Crippen LogP contribution in [-0.2, 0) is 0 Å². The summed E-state index contributed by atoms with van der Waals surface area (Å²) in [6.07, 6.45) is 1.89. The summed E-state index contributed by atoms with van der Waals surface area (Å²) < 4.78 is 4.74. The lowest BCUT2D eigenvalue weighted by molar-refractivity contribution is 1.18. The Labute approximate surface area is 218 Å². The van der Waals surface area contributed by atoms with E-state index >= 15 is 0 Å². The van der Waals surface area contributed by atoms with Gasteiger partial charge < -0.3 is 8.97 Å². The molecule has 0 spiro atoms. The lowest BCUT2D eigenvalue weighted by atomic mass is 9.98. The summed E-state index contributed by atoms with van der Waals surface area (Å²) in [4.78, 5) is 4.82. The van der Waals surface area contributed by atoms with E-state index < -0.39 is 0 Å². The van der Waals surface area contributed by atoms with Crippen molar-refractivity contribution in [1.82, 2.24) is 14.0 Å². The number of hydrogen-bond donors (Lipinski definition) is 0. The molecule has 4 aromatic heterocycles. The summed E-state index contributed by atoms with van der Waals surface area (Å²) in [5.41, 5.74) is 10.7. The van der Waals surface area contributed by atoms with Gasteiger partial charge in [0.05, 0.1) is 33.1 Å². The fourth-order valence-corrected chi connectivity index (χ4v) is 6.49. The summed E-state index contributed by atoms with van der Waals surface area (Å²) in [6.45, 7) is 0. The first-order chi connectivity index (χ1) is 18.9. The van der Waals surface area contributed by atoms with Crippen LogP contribution >= 0.6 is 0 Å². The minimum atomic E-state index is 1.03. The second-order valence-corrected chi connectivity index (χ2v) is 10.1. The number of aromatic nitrogens is 3. The third-order valence-electron chi connectivity index (χ3n) is 8.07. The van der Waals surface area contributed by atoms with Crippen molar-refractivity contribution in [2.45, 2.75) is 0 Å². The fourth-order valence-electron chi connectivity index (χ4n) is 6.49. The topological polar surface area (TPSA) is 22.2 Å². The number of para-hydroxylation sites is 3. The van der Waals surface area contributed by atoms with Crippen LogP contribution in [0.25, 0.3) is 76.8 Å². The molecule has 0 saturated heterocycles. The van der Waals surface area contributed by atoms with Crippen LogP contribution < -0.4 is 0 Å². The molecular formula is C35H21N3. The summed E-state index contributed by atoms with van der Waals surface area (Å²) in [6, 6.07) is 43.8. The van der Waals surface area contributed by atoms with Gasteiger partial charge in [0, 0.05) is 38.8 Å². The maximum absolute atomic E-state index is 4.82. The van der Waals surface area contributed by atoms with E-state index in [0.29, 0.717) is 0 Å². The van der Waals surface area contributed by atoms with Gasteiger partial charge in [-0.2, -0.15) is 0 Å². The number of nitrogens with zero attached hydrogens (tertiary/aromatic N) is 3. The first-order valence-corrected chi connectivity index (χ1v) is 13.0. The molecule has 38 heavy (non-hydrogen) atoms. The predicted octanol–water partition coefficient (Wildman–Crippen LogP) is 9.00. The SMILES string of the molecule is c1ccc(-n2c3ccc(-c4cc5c6ccccc6n6c7ccccc7c(c4)c56)cc3c3ncccc32)cc1. The monoisotopic (exact) mass is 483 g/mol. The molecule has 9 rings (SSSR count). The van der Waals surface area contributed by atoms with Crippen LogP contribution in [0, 0.1) is 0 Å². The number of fused-ring (bicyclic) bond motifs is 9. The molecule has 0 bridgehead atoms. The number of benzene rings is 5. The molecule has 0 amide bonds. The van der Waals surface area contributed by atoms with Gasteiger partial charge in [-0.3, -0.25) is 4.98 Å². The summed E-state index contributed by atoms with van der Waals surface area (Å²) in [7, 11) is 0. The Morgan fingerprint density at radius 3 is 1.82 bits per heavy atom. The highest BCUT2D eigenvalue weighted by atomic mass is 15.0. The molecule has 3 heteroatoms. The summed E-state index contributed by atoms with van der Waals surface area (Å²) >= 11 is 0. The van der Waals surface area contributed by atoms with Crippen molar-refractivity contribution < 1.29 is 0 Å². The molecule has 0 unspecified atom stereocenters. The van der Waals surface area contributed by atoms with Crippen molar-refractivity contribution in [2.75, 3.05) is 0 Å². The highest BCUT2D eigenvalue weighted by molar-refractivity contribution is 6.24. The van der Waals surface area contributed by atoms with E-state index in [2.05, 4.69) is 124 Å². The van der Waals surface area contributed by atoms with E-state index in [-0.39, 0.29) is 0 Å². The average molecular weight is 484 g/mol. The molecule has 0 fully saturated rings. The van der Waals surface area contributed by atoms with Crippen LogP contribution in [0.4, 0.5) is 0 Å². The van der Waals surface area contributed by atoms with Crippen molar-refractivity contribution in [1.29, 1.82) is 0 Å². The molecule has 9 aromatic rings. The van der Waals surface area contributed by atoms with Gasteiger partial charge >= 0.3 is 0 Å². The van der Waals surface area contributed by atoms with Crippen LogP contribution in [0.2, 0.25) is 0 Å². The second kappa shape index (κ2) is 7.21. The van der Waals surface area contributed by atoms with E-state index in [0.717, 1.165) is 16.7 Å². The lowest BCUT2D eigenvalue weighted by Gasteiger charge is -2.08. The van der Waals surface area contributed by atoms with Crippen LogP contribution in [0.15, 0.2) is 128 Å². The third kappa shape index (κ3) is 2.50. The molecule has 4 heterocycles. The van der Waals surface area contributed by atoms with Gasteiger partial charge in [-0.15, -0.1) is 0 Å². The minimum absolute atomic E-state index is 1.03. The van der Waals surface area contributed by atoms with Gasteiger partial charge in [0.25, 0.3) is 0 Å². The van der Waals surface area contributed by atoms with Crippen LogP contribution in [0.5, 0.6) is 0 Å². The Morgan fingerprint density at radius 1 is 0.447 bits per heavy atom. The molecular weight excluding hydrogens is 462 g/mol. The molecule has 176 valence electrons. The average Bonchev–Trinajstić information content (AvgIpc) is 3.62. The Kier molecular flexibility index (Phi) is 3.79. The quantitative estimate of drug-likeness (QED) is 0.240. The standard InChI is InChI=1S/C35H21N3/c1-2-9-24(10-3-1)37-32-17-16-22(19-29(32)34-33(37)15-8-18-36-34)23-20-27-25-11-4-6-13-30(25)38-31-14-7-5-12-26(31)28(21-23)35(27)38/h1-21H. The van der Waals surface area contributed by atoms with Crippen LogP contribution in [0.1, 0.15) is 0 Å². The number of hydrogen-bond acceptors (Lipinski definition) is 1. The van der Waals surface area contributed by atoms with E-state index in [1.807, 2.05) is 12.3 Å². The normalized spacial score (nSPS) is 12.2. The molecule has 0 radical (unpaired) electrons. The van der Waals surface area contributed by atoms with Crippen molar-refractivity contribution in [3.05, 3.63) is 128 Å². The number of pyridine rings is 1. The Morgan fingerprint density at radius 2 is 1.08 bits per heavy atom. The first kappa shape index (κ1) is 20.0. The molecule has 0 N–H and O–H groups in total. The molecule has 0 aliphatic heterocycles. The lowest BCUT2D eigenvalue weighted by Crippen LogP contribution is -1.93. The van der Waals surface area contributed by atoms with Crippen molar-refractivity contribution >= 4 is 60.0 Å². The fraction of sp³-hybridized carbons (Fsp3) is 0. The molecule has 3 nitrogen and oxygen atoms in total. The number of rotatable bonds is 2. The Hall–Kier alpha value is -5.15. The van der Waals surface area contributed by atoms with E-state index in [4.69, 9.17) is 4.98 Å². The zero-order valence-electron chi connectivity index (χ0n) is 20.5. The zero-order valence-corrected chi connectivity index (χ0v) is 20.5. The van der Waals surface area contributed by atoms with E-state index in [1.54, 1.807) is 0 Å². The van der Waals surface area contributed by atoms with Crippen molar-refractivity contribution in [3.8, 4) is 16.8 Å². The highest BCUT2D eigenvalue weighted by Crippen LogP contribution is 2.42. The van der Waals surface area contributed by atoms with E-state index in [9.17, 15) is 0 Å². The highest BCUT2D eigenvalue weighted by Gasteiger charge is 2.19. The van der Waals surface area contributed by atoms with Crippen molar-refractivity contribution in [3.63, 3.8) is 0 Å². The maximum atomic E-state index is 4.82. The largest absolute Gasteiger partial charge is 0.308 e. The predicted molar refractivity (Wildman–Crippen MR) is 159 cm³/mol. The molecule has 0 aliphatic rings. The summed E-state index contributed by atoms with van der Waals surface area (Å²) in [5.74, 6) is 0. The van der Waals surface area contributed by atoms with E-state index in [1.165, 1.54) is 60.1 Å². The van der Waals surface area contributed by atoms with Gasteiger partial charge in [0.1, 0.15) is 0 Å². The molecule has 0 aliphatic carbocycles. The first-order valence-electron chi connectivity index (χ1n) is 13.0. The Bertz CT molecular complexity index is 2250. The minimum Gasteiger partial charge on any atom is -0.308 e. The Balaban J connectivity index is 1.38. The van der Waals surface area contributed by atoms with Gasteiger partial charge in [-0.25, -0.2) is 0 Å². The third-order valence-corrected chi connectivity index (χ3v) is 8.07. The second-order valence-electron chi connectivity index (χ2n) is 10.1. The molecule has 0 atom stereocenters. The van der Waals surface area contributed by atoms with Crippen molar-refractivity contribution in [2.24, 2.45) is 0 Å². The zero-order chi connectivity index (χ0) is 24.8. The van der Waals surface area contributed by atoms with Crippen LogP contribution in [0.3, 0.4) is 0 Å². The summed E-state index contributed by atoms with van der Waals surface area (Å²) in [5, 5.41) is 6.36. The van der Waals surface area contributed by atoms with Gasteiger partial charge in [0.15, 0.2) is 0 Å². The molecule has 0 saturated carbocycles. The van der Waals surface area contributed by atoms with Gasteiger partial charge in [0.2, 0.25) is 0 Å². The van der Waals surface area contributed by atoms with Gasteiger partial charge in [-0.05, 0) is 71.8 Å². The van der Waals surface area contributed by atoms with Gasteiger partial charge in [-0.1, -0.05) is 60.7 Å².